The number of aromatic amines is 1. The largest absolute Gasteiger partial charge is 0.342 e. The van der Waals surface area contributed by atoms with E-state index < -0.39 is 0 Å². The minimum absolute atomic E-state index is 0.149. The van der Waals surface area contributed by atoms with Crippen LogP contribution in [0.4, 0.5) is 16.0 Å². The van der Waals surface area contributed by atoms with Gasteiger partial charge in [0, 0.05) is 37.2 Å². The molecule has 2 aliphatic rings. The van der Waals surface area contributed by atoms with Crippen molar-refractivity contribution in [1.82, 2.24) is 30.0 Å². The normalized spacial score (nSPS) is 17.7. The number of halogens is 2. The number of hydrogen-bond acceptors (Lipinski definition) is 6. The number of rotatable bonds is 6. The van der Waals surface area contributed by atoms with Crippen molar-refractivity contribution < 1.29 is 9.18 Å². The molecule has 2 fully saturated rings. The second kappa shape index (κ2) is 11.4. The van der Waals surface area contributed by atoms with Crippen molar-refractivity contribution in [3.8, 4) is 0 Å². The average Bonchev–Trinajstić information content (AvgIpc) is 3.32. The number of amides is 1. The number of nitrogens with one attached hydrogen (secondary N) is 2. The number of anilines is 2. The summed E-state index contributed by atoms with van der Waals surface area (Å²) in [5.74, 6) is 1.93. The van der Waals surface area contributed by atoms with E-state index in [1.54, 1.807) is 6.07 Å². The Morgan fingerprint density at radius 1 is 1.13 bits per heavy atom. The number of nitrogens with zero attached hydrogens (tertiary/aromatic N) is 5. The molecule has 2 saturated heterocycles. The minimum Gasteiger partial charge on any atom is -0.342 e. The van der Waals surface area contributed by atoms with Crippen molar-refractivity contribution in [2.24, 2.45) is 5.92 Å². The van der Waals surface area contributed by atoms with Gasteiger partial charge in [0.05, 0.1) is 6.20 Å². The van der Waals surface area contributed by atoms with Crippen molar-refractivity contribution in [1.29, 1.82) is 0 Å². The summed E-state index contributed by atoms with van der Waals surface area (Å²) in [5, 5.41) is 10.5. The van der Waals surface area contributed by atoms with E-state index in [0.29, 0.717) is 34.0 Å². The molecule has 4 heterocycles. The van der Waals surface area contributed by atoms with Crippen LogP contribution in [0.2, 0.25) is 5.02 Å². The number of H-pyrrole nitrogens is 1. The molecule has 1 aromatic carbocycles. The van der Waals surface area contributed by atoms with Crippen LogP contribution in [0.1, 0.15) is 59.8 Å². The number of hydrogen-bond donors (Lipinski definition) is 2. The van der Waals surface area contributed by atoms with Gasteiger partial charge in [0.2, 0.25) is 5.91 Å². The second-order valence-corrected chi connectivity index (χ2v) is 11.1. The fraction of sp³-hybridized carbons (Fsp3) is 0.500. The predicted octanol–water partition coefficient (Wildman–Crippen LogP) is 4.99. The van der Waals surface area contributed by atoms with E-state index >= 15 is 4.39 Å². The monoisotopic (exact) mass is 539 g/mol. The lowest BCUT2D eigenvalue weighted by Gasteiger charge is -2.37. The molecule has 2 aromatic heterocycles. The Hall–Kier alpha value is -3.04. The smallest absolute Gasteiger partial charge is 0.225 e. The number of likely N-dealkylation sites (tertiary alicyclic amines) is 2. The van der Waals surface area contributed by atoms with Gasteiger partial charge in [0.25, 0.3) is 0 Å². The molecule has 0 saturated carbocycles. The number of aryl methyl sites for hydroxylation is 2. The Morgan fingerprint density at radius 2 is 1.87 bits per heavy atom. The number of piperidine rings is 2. The Morgan fingerprint density at radius 3 is 2.55 bits per heavy atom. The van der Waals surface area contributed by atoms with Gasteiger partial charge in [0.15, 0.2) is 11.6 Å². The maximum absolute atomic E-state index is 15.3. The Labute approximate surface area is 228 Å². The lowest BCUT2D eigenvalue weighted by molar-refractivity contribution is -0.138. The summed E-state index contributed by atoms with van der Waals surface area (Å²) in [6, 6.07) is 5.42. The molecule has 10 heteroatoms. The third kappa shape index (κ3) is 5.99. The van der Waals surface area contributed by atoms with E-state index in [1.165, 1.54) is 6.20 Å². The van der Waals surface area contributed by atoms with Crippen molar-refractivity contribution in [2.75, 3.05) is 38.5 Å². The second-order valence-electron chi connectivity index (χ2n) is 10.7. The number of carbonyl (C=O) groups is 1. The van der Waals surface area contributed by atoms with E-state index in [0.717, 1.165) is 68.7 Å². The summed E-state index contributed by atoms with van der Waals surface area (Å²) < 4.78 is 15.3. The van der Waals surface area contributed by atoms with Crippen LogP contribution in [0.25, 0.3) is 0 Å². The minimum atomic E-state index is -0.258. The van der Waals surface area contributed by atoms with E-state index in [1.807, 2.05) is 30.9 Å². The van der Waals surface area contributed by atoms with Gasteiger partial charge in [0.1, 0.15) is 16.7 Å². The quantitative estimate of drug-likeness (QED) is 0.458. The third-order valence-electron chi connectivity index (χ3n) is 7.84. The van der Waals surface area contributed by atoms with Gasteiger partial charge in [-0.15, -0.1) is 0 Å². The van der Waals surface area contributed by atoms with Crippen LogP contribution < -0.4 is 5.32 Å². The zero-order chi connectivity index (χ0) is 26.8. The number of carbonyl (C=O) groups excluding carboxylic acids is 1. The van der Waals surface area contributed by atoms with E-state index in [-0.39, 0.29) is 24.1 Å². The highest BCUT2D eigenvalue weighted by Crippen LogP contribution is 2.33. The summed E-state index contributed by atoms with van der Waals surface area (Å²) in [5.41, 5.74) is 3.54. The molecule has 0 radical (unpaired) electrons. The van der Waals surface area contributed by atoms with Gasteiger partial charge in [-0.05, 0) is 88.3 Å². The van der Waals surface area contributed by atoms with Gasteiger partial charge in [-0.3, -0.25) is 9.89 Å². The molecule has 8 nitrogen and oxygen atoms in total. The topological polar surface area (TPSA) is 90.0 Å². The zero-order valence-corrected chi connectivity index (χ0v) is 23.0. The molecule has 2 N–H and O–H groups in total. The maximum atomic E-state index is 15.3. The van der Waals surface area contributed by atoms with Gasteiger partial charge >= 0.3 is 0 Å². The summed E-state index contributed by atoms with van der Waals surface area (Å²) in [7, 11) is 2.11. The zero-order valence-electron chi connectivity index (χ0n) is 22.2. The fourth-order valence-corrected chi connectivity index (χ4v) is 5.75. The van der Waals surface area contributed by atoms with Crippen molar-refractivity contribution in [2.45, 2.75) is 51.9 Å². The van der Waals surface area contributed by atoms with Crippen molar-refractivity contribution in [3.63, 3.8) is 0 Å². The summed E-state index contributed by atoms with van der Waals surface area (Å²) in [6.45, 7) is 7.38. The van der Waals surface area contributed by atoms with Crippen LogP contribution >= 0.6 is 11.6 Å². The molecule has 0 aliphatic carbocycles. The van der Waals surface area contributed by atoms with Crippen LogP contribution in [-0.2, 0) is 11.2 Å². The predicted molar refractivity (Wildman–Crippen MR) is 146 cm³/mol. The van der Waals surface area contributed by atoms with E-state index in [4.69, 9.17) is 11.6 Å². The lowest BCUT2D eigenvalue weighted by Crippen LogP contribution is -2.44. The van der Waals surface area contributed by atoms with Gasteiger partial charge < -0.3 is 15.1 Å². The van der Waals surface area contributed by atoms with E-state index in [2.05, 4.69) is 37.4 Å². The molecule has 0 bridgehead atoms. The van der Waals surface area contributed by atoms with Gasteiger partial charge in [-0.1, -0.05) is 17.7 Å². The van der Waals surface area contributed by atoms with Gasteiger partial charge in [-0.2, -0.15) is 5.10 Å². The summed E-state index contributed by atoms with van der Waals surface area (Å²) in [4.78, 5) is 26.1. The first-order valence-corrected chi connectivity index (χ1v) is 13.7. The Kier molecular flexibility index (Phi) is 7.95. The first-order chi connectivity index (χ1) is 18.3. The molecule has 0 unspecified atom stereocenters. The number of benzene rings is 1. The number of aromatic nitrogens is 4. The molecule has 0 atom stereocenters. The molecule has 202 valence electrons. The molecular weight excluding hydrogens is 505 g/mol. The molecule has 3 aromatic rings. The highest BCUT2D eigenvalue weighted by molar-refractivity contribution is 6.32. The standard InChI is InChI=1S/C28H35ClFN7O/c1-17-12-21(14-25-31-16-23(29)27(32-25)33-26-13-18(2)34-35-26)24(30)15-22(17)19-6-10-37(11-7-19)28(38)20-4-8-36(3)9-5-20/h12-13,15-16,19-20H,4-11,14H2,1-3H3,(H2,31,32,33,34,35). The van der Waals surface area contributed by atoms with Crippen LogP contribution in [0.5, 0.6) is 0 Å². The molecule has 5 rings (SSSR count). The lowest BCUT2D eigenvalue weighted by atomic mass is 9.85. The third-order valence-corrected chi connectivity index (χ3v) is 8.12. The van der Waals surface area contributed by atoms with Crippen LogP contribution in [-0.4, -0.2) is 69.1 Å². The van der Waals surface area contributed by atoms with Crippen molar-refractivity contribution >= 4 is 29.1 Å². The SMILES string of the molecule is Cc1cc(Nc2nc(Cc3cc(C)c(C4CCN(C(=O)C5CCN(C)CC5)CC4)cc3F)ncc2Cl)n[nH]1. The van der Waals surface area contributed by atoms with Crippen LogP contribution in [0, 0.1) is 25.6 Å². The van der Waals surface area contributed by atoms with E-state index in [9.17, 15) is 4.79 Å². The summed E-state index contributed by atoms with van der Waals surface area (Å²) >= 11 is 6.27. The molecule has 38 heavy (non-hydrogen) atoms. The average molecular weight is 540 g/mol. The van der Waals surface area contributed by atoms with Gasteiger partial charge in [-0.25, -0.2) is 14.4 Å². The first-order valence-electron chi connectivity index (χ1n) is 13.3. The maximum Gasteiger partial charge on any atom is 0.225 e. The van der Waals surface area contributed by atoms with Crippen LogP contribution in [0.3, 0.4) is 0 Å². The molecule has 1 amide bonds. The Bertz CT molecular complexity index is 1300. The summed E-state index contributed by atoms with van der Waals surface area (Å²) in [6.07, 6.45) is 5.38. The van der Waals surface area contributed by atoms with Crippen molar-refractivity contribution in [3.05, 3.63) is 63.4 Å². The highest BCUT2D eigenvalue weighted by Gasteiger charge is 2.31. The first kappa shape index (κ1) is 26.6. The molecular formula is C28H35ClFN7O. The fourth-order valence-electron chi connectivity index (χ4n) is 5.61. The van der Waals surface area contributed by atoms with Crippen LogP contribution in [0.15, 0.2) is 24.4 Å². The highest BCUT2D eigenvalue weighted by atomic mass is 35.5. The molecule has 2 aliphatic heterocycles. The Balaban J connectivity index is 1.23. The molecule has 0 spiro atoms.